The van der Waals surface area contributed by atoms with Gasteiger partial charge in [0.05, 0.1) is 56.6 Å². The van der Waals surface area contributed by atoms with Crippen LogP contribution in [0.15, 0.2) is 84.0 Å². The van der Waals surface area contributed by atoms with Crippen LogP contribution in [0.5, 0.6) is 5.75 Å². The molecule has 2 aromatic carbocycles. The van der Waals surface area contributed by atoms with E-state index in [-0.39, 0.29) is 17.5 Å². The maximum Gasteiger partial charge on any atom is 0.573 e. The molecule has 0 spiro atoms. The number of nitrogens with zero attached hydrogens (tertiary/aromatic N) is 4. The Balaban J connectivity index is 1.64. The van der Waals surface area contributed by atoms with E-state index in [0.717, 1.165) is 48.1 Å². The number of fused-ring (bicyclic) bond motifs is 2. The van der Waals surface area contributed by atoms with Crippen molar-refractivity contribution in [3.8, 4) is 22.8 Å². The predicted molar refractivity (Wildman–Crippen MR) is 149 cm³/mol. The van der Waals surface area contributed by atoms with Crippen LogP contribution < -0.4 is 15.4 Å². The highest BCUT2D eigenvalue weighted by Crippen LogP contribution is 2.36. The molecule has 40 heavy (non-hydrogen) atoms. The SMILES string of the molecule is Cc1ncccc1Nc1cc2nc3ccccc3n(-c3ccccc3OC(F)(F)F)c-2c/c1=N\C1CCCCC1. The molecule has 0 amide bonds. The van der Waals surface area contributed by atoms with Gasteiger partial charge in [0.15, 0.2) is 5.75 Å². The zero-order valence-electron chi connectivity index (χ0n) is 21.9. The summed E-state index contributed by atoms with van der Waals surface area (Å²) in [5.41, 5.74) is 5.23. The number of nitrogens with one attached hydrogen (secondary N) is 1. The Bertz CT molecular complexity index is 1710. The summed E-state index contributed by atoms with van der Waals surface area (Å²) in [6, 6.07) is 21.4. The Kier molecular flexibility index (Phi) is 6.88. The van der Waals surface area contributed by atoms with Crippen molar-refractivity contribution in [3.63, 3.8) is 0 Å². The topological polar surface area (TPSA) is 64.3 Å². The summed E-state index contributed by atoms with van der Waals surface area (Å²) in [4.78, 5) is 14.5. The molecule has 0 saturated heterocycles. The number of aromatic nitrogens is 3. The van der Waals surface area contributed by atoms with E-state index >= 15 is 0 Å². The fourth-order valence-electron chi connectivity index (χ4n) is 5.33. The molecule has 1 aliphatic heterocycles. The number of benzene rings is 3. The monoisotopic (exact) mass is 543 g/mol. The van der Waals surface area contributed by atoms with Crippen LogP contribution >= 0.6 is 0 Å². The number of hydrogen-bond acceptors (Lipinski definition) is 5. The summed E-state index contributed by atoms with van der Waals surface area (Å²) in [5, 5.41) is 4.22. The molecule has 6 rings (SSSR count). The molecule has 1 fully saturated rings. The number of ether oxygens (including phenoxy) is 1. The highest BCUT2D eigenvalue weighted by Gasteiger charge is 2.33. The fraction of sp³-hybridized carbons (Fsp3) is 0.258. The largest absolute Gasteiger partial charge is 0.573 e. The lowest BCUT2D eigenvalue weighted by molar-refractivity contribution is -0.274. The Hall–Kier alpha value is -4.40. The molecule has 9 heteroatoms. The van der Waals surface area contributed by atoms with Crippen molar-refractivity contribution in [1.29, 1.82) is 0 Å². The molecule has 3 aliphatic rings. The molecule has 0 radical (unpaired) electrons. The van der Waals surface area contributed by atoms with Gasteiger partial charge in [-0.25, -0.2) is 4.98 Å². The highest BCUT2D eigenvalue weighted by molar-refractivity contribution is 5.85. The van der Waals surface area contributed by atoms with Crippen LogP contribution in [0.25, 0.3) is 28.1 Å². The van der Waals surface area contributed by atoms with Gasteiger partial charge >= 0.3 is 6.36 Å². The van der Waals surface area contributed by atoms with Crippen molar-refractivity contribution in [1.82, 2.24) is 14.5 Å². The van der Waals surface area contributed by atoms with Crippen molar-refractivity contribution in [2.45, 2.75) is 51.4 Å². The Morgan fingerprint density at radius 2 is 1.70 bits per heavy atom. The van der Waals surface area contributed by atoms with Crippen LogP contribution in [0.3, 0.4) is 0 Å². The first kappa shape index (κ1) is 25.9. The zero-order valence-corrected chi connectivity index (χ0v) is 21.9. The van der Waals surface area contributed by atoms with E-state index in [1.54, 1.807) is 22.9 Å². The van der Waals surface area contributed by atoms with Gasteiger partial charge in [-0.3, -0.25) is 9.98 Å². The van der Waals surface area contributed by atoms with Crippen molar-refractivity contribution in [2.75, 3.05) is 5.32 Å². The molecule has 2 aliphatic carbocycles. The van der Waals surface area contributed by atoms with Crippen LogP contribution in [-0.2, 0) is 0 Å². The Morgan fingerprint density at radius 1 is 0.925 bits per heavy atom. The average molecular weight is 544 g/mol. The number of pyridine rings is 1. The number of hydrogen-bond donors (Lipinski definition) is 1. The van der Waals surface area contributed by atoms with Gasteiger partial charge in [0.1, 0.15) is 0 Å². The van der Waals surface area contributed by atoms with Gasteiger partial charge in [-0.1, -0.05) is 43.5 Å². The summed E-state index contributed by atoms with van der Waals surface area (Å²) in [5.74, 6) is -0.295. The third-order valence-electron chi connectivity index (χ3n) is 7.20. The quantitative estimate of drug-likeness (QED) is 0.231. The van der Waals surface area contributed by atoms with E-state index in [1.165, 1.54) is 18.6 Å². The molecule has 6 nitrogen and oxygen atoms in total. The predicted octanol–water partition coefficient (Wildman–Crippen LogP) is 7.71. The lowest BCUT2D eigenvalue weighted by atomic mass is 9.96. The van der Waals surface area contributed by atoms with E-state index in [2.05, 4.69) is 15.0 Å². The Labute approximate surface area is 229 Å². The van der Waals surface area contributed by atoms with Gasteiger partial charge in [-0.05, 0) is 68.3 Å². The van der Waals surface area contributed by atoms with E-state index < -0.39 is 6.36 Å². The Morgan fingerprint density at radius 3 is 2.50 bits per heavy atom. The van der Waals surface area contributed by atoms with Gasteiger partial charge in [0.25, 0.3) is 0 Å². The van der Waals surface area contributed by atoms with Crippen molar-refractivity contribution in [3.05, 3.63) is 90.0 Å². The lowest BCUT2D eigenvalue weighted by Gasteiger charge is -2.23. The minimum Gasteiger partial charge on any atom is -0.404 e. The van der Waals surface area contributed by atoms with Gasteiger partial charge in [-0.2, -0.15) is 0 Å². The first-order chi connectivity index (χ1) is 19.4. The van der Waals surface area contributed by atoms with Crippen LogP contribution in [-0.4, -0.2) is 26.9 Å². The summed E-state index contributed by atoms with van der Waals surface area (Å²) < 4.78 is 46.5. The van der Waals surface area contributed by atoms with Gasteiger partial charge in [0, 0.05) is 6.20 Å². The summed E-state index contributed by atoms with van der Waals surface area (Å²) in [6.45, 7) is 1.93. The number of rotatable bonds is 5. The van der Waals surface area contributed by atoms with Gasteiger partial charge in [0.2, 0.25) is 0 Å². The third-order valence-corrected chi connectivity index (χ3v) is 7.20. The zero-order chi connectivity index (χ0) is 27.7. The second-order valence-electron chi connectivity index (χ2n) is 9.99. The number of anilines is 2. The summed E-state index contributed by atoms with van der Waals surface area (Å²) in [6.07, 6.45) is 2.36. The normalized spacial score (nSPS) is 15.1. The van der Waals surface area contributed by atoms with Crippen molar-refractivity contribution < 1.29 is 17.9 Å². The minimum atomic E-state index is -4.84. The molecule has 2 heterocycles. The molecule has 0 bridgehead atoms. The van der Waals surface area contributed by atoms with Crippen molar-refractivity contribution >= 4 is 22.4 Å². The summed E-state index contributed by atoms with van der Waals surface area (Å²) >= 11 is 0. The fourth-order valence-corrected chi connectivity index (χ4v) is 5.33. The van der Waals surface area contributed by atoms with E-state index in [9.17, 15) is 13.2 Å². The second-order valence-corrected chi connectivity index (χ2v) is 9.99. The first-order valence-corrected chi connectivity index (χ1v) is 13.4. The van der Waals surface area contributed by atoms with Crippen LogP contribution in [0.4, 0.5) is 24.5 Å². The molecular weight excluding hydrogens is 515 g/mol. The van der Waals surface area contributed by atoms with E-state index in [4.69, 9.17) is 9.98 Å². The number of aryl methyl sites for hydroxylation is 1. The van der Waals surface area contributed by atoms with Gasteiger partial charge < -0.3 is 14.6 Å². The molecule has 1 N–H and O–H groups in total. The average Bonchev–Trinajstić information content (AvgIpc) is 2.94. The maximum atomic E-state index is 13.4. The molecule has 0 unspecified atom stereocenters. The van der Waals surface area contributed by atoms with Crippen molar-refractivity contribution in [2.24, 2.45) is 4.99 Å². The van der Waals surface area contributed by atoms with Crippen LogP contribution in [0, 0.1) is 6.92 Å². The van der Waals surface area contributed by atoms with E-state index in [1.807, 2.05) is 55.5 Å². The third kappa shape index (κ3) is 5.36. The lowest BCUT2D eigenvalue weighted by Crippen LogP contribution is -2.21. The highest BCUT2D eigenvalue weighted by atomic mass is 19.4. The van der Waals surface area contributed by atoms with E-state index in [0.29, 0.717) is 22.4 Å². The molecule has 1 saturated carbocycles. The maximum absolute atomic E-state index is 13.4. The van der Waals surface area contributed by atoms with Crippen LogP contribution in [0.1, 0.15) is 37.8 Å². The summed E-state index contributed by atoms with van der Waals surface area (Å²) in [7, 11) is 0. The standard InChI is InChI=1S/C31H28F3N5O/c1-20-22(13-9-17-35-20)37-24-18-26-29(19-25(24)36-21-10-3-2-4-11-21)39(27-14-6-5-12-23(27)38-26)28-15-7-8-16-30(28)40-31(32,33)34/h5-9,12-19,21,37H,2-4,10-11H2,1H3/b36-25+. The number of halogens is 3. The molecular formula is C31H28F3N5O. The molecule has 1 aromatic heterocycles. The number of alkyl halides is 3. The molecule has 0 atom stereocenters. The van der Waals surface area contributed by atoms with Gasteiger partial charge in [-0.15, -0.1) is 13.2 Å². The number of para-hydroxylation sites is 4. The van der Waals surface area contributed by atoms with Crippen LogP contribution in [0.2, 0.25) is 0 Å². The smallest absolute Gasteiger partial charge is 0.404 e. The minimum absolute atomic E-state index is 0.171. The second kappa shape index (κ2) is 10.6. The molecule has 3 aromatic rings. The first-order valence-electron chi connectivity index (χ1n) is 13.4. The molecule has 204 valence electrons.